The van der Waals surface area contributed by atoms with E-state index in [0.717, 1.165) is 42.9 Å². The van der Waals surface area contributed by atoms with Gasteiger partial charge < -0.3 is 4.74 Å². The summed E-state index contributed by atoms with van der Waals surface area (Å²) in [6, 6.07) is 13.1. The molecule has 2 nitrogen and oxygen atoms in total. The highest BCUT2D eigenvalue weighted by Crippen LogP contribution is 2.15. The Balaban J connectivity index is 1.79. The molecular formula is C21H22ClFO2. The quantitative estimate of drug-likeness (QED) is 0.228. The predicted molar refractivity (Wildman–Crippen MR) is 101 cm³/mol. The molecule has 0 atom stereocenters. The molecule has 0 aliphatic carbocycles. The lowest BCUT2D eigenvalue weighted by atomic mass is 10.1. The molecule has 132 valence electrons. The van der Waals surface area contributed by atoms with Crippen molar-refractivity contribution in [3.63, 3.8) is 0 Å². The van der Waals surface area contributed by atoms with Crippen LogP contribution in [0.4, 0.5) is 4.39 Å². The van der Waals surface area contributed by atoms with Gasteiger partial charge in [0.25, 0.3) is 0 Å². The Bertz CT molecular complexity index is 678. The van der Waals surface area contributed by atoms with Crippen LogP contribution in [0.2, 0.25) is 0 Å². The van der Waals surface area contributed by atoms with Gasteiger partial charge in [0.15, 0.2) is 5.78 Å². The highest BCUT2D eigenvalue weighted by Gasteiger charge is 2.01. The van der Waals surface area contributed by atoms with E-state index in [1.165, 1.54) is 30.3 Å². The highest BCUT2D eigenvalue weighted by atomic mass is 35.5. The second-order valence-electron chi connectivity index (χ2n) is 5.73. The number of halogens is 2. The van der Waals surface area contributed by atoms with Gasteiger partial charge in [-0.05, 0) is 60.9 Å². The molecule has 4 heteroatoms. The first kappa shape index (κ1) is 19.2. The summed E-state index contributed by atoms with van der Waals surface area (Å²) in [5.74, 6) is 1.03. The van der Waals surface area contributed by atoms with E-state index >= 15 is 0 Å². The number of ketones is 1. The second kappa shape index (κ2) is 10.7. The van der Waals surface area contributed by atoms with E-state index in [-0.39, 0.29) is 11.6 Å². The summed E-state index contributed by atoms with van der Waals surface area (Å²) in [6.45, 7) is 0.695. The van der Waals surface area contributed by atoms with Crippen molar-refractivity contribution in [1.29, 1.82) is 0 Å². The SMILES string of the molecule is O=C(/C=C/c1ccc(OCCCCCCCl)cc1)c1ccc(F)cc1. The molecule has 0 aliphatic heterocycles. The Morgan fingerprint density at radius 3 is 2.32 bits per heavy atom. The number of ether oxygens (including phenoxy) is 1. The Kier molecular flexibility index (Phi) is 8.20. The Labute approximate surface area is 153 Å². The molecule has 0 N–H and O–H groups in total. The fraction of sp³-hybridized carbons (Fsp3) is 0.286. The first-order chi connectivity index (χ1) is 12.2. The molecule has 0 spiro atoms. The summed E-state index contributed by atoms with van der Waals surface area (Å²) in [4.78, 5) is 12.0. The lowest BCUT2D eigenvalue weighted by Gasteiger charge is -2.06. The van der Waals surface area contributed by atoms with E-state index in [2.05, 4.69) is 0 Å². The van der Waals surface area contributed by atoms with Crippen LogP contribution in [-0.4, -0.2) is 18.3 Å². The first-order valence-corrected chi connectivity index (χ1v) is 8.99. The Morgan fingerprint density at radius 2 is 1.64 bits per heavy atom. The second-order valence-corrected chi connectivity index (χ2v) is 6.10. The number of carbonyl (C=O) groups is 1. The fourth-order valence-electron chi connectivity index (χ4n) is 2.30. The van der Waals surface area contributed by atoms with Crippen molar-refractivity contribution in [2.45, 2.75) is 25.7 Å². The average Bonchev–Trinajstić information content (AvgIpc) is 2.64. The van der Waals surface area contributed by atoms with E-state index in [0.29, 0.717) is 12.2 Å². The maximum absolute atomic E-state index is 12.9. The Hall–Kier alpha value is -2.13. The minimum Gasteiger partial charge on any atom is -0.494 e. The molecule has 0 saturated carbocycles. The molecule has 25 heavy (non-hydrogen) atoms. The first-order valence-electron chi connectivity index (χ1n) is 8.46. The molecule has 0 radical (unpaired) electrons. The summed E-state index contributed by atoms with van der Waals surface area (Å²) in [5.41, 5.74) is 1.37. The molecule has 2 aromatic rings. The molecule has 0 bridgehead atoms. The maximum Gasteiger partial charge on any atom is 0.185 e. The van der Waals surface area contributed by atoms with Crippen molar-refractivity contribution >= 4 is 23.5 Å². The number of allylic oxidation sites excluding steroid dienone is 1. The molecule has 0 heterocycles. The van der Waals surface area contributed by atoms with Gasteiger partial charge in [0.1, 0.15) is 11.6 Å². The number of hydrogen-bond acceptors (Lipinski definition) is 2. The zero-order chi connectivity index (χ0) is 17.9. The maximum atomic E-state index is 12.9. The van der Waals surface area contributed by atoms with Crippen molar-refractivity contribution < 1.29 is 13.9 Å². The van der Waals surface area contributed by atoms with Crippen LogP contribution in [0, 0.1) is 5.82 Å². The molecule has 0 unspecified atom stereocenters. The van der Waals surface area contributed by atoms with E-state index in [1.807, 2.05) is 24.3 Å². The molecular weight excluding hydrogens is 339 g/mol. The van der Waals surface area contributed by atoms with Crippen LogP contribution < -0.4 is 4.74 Å². The van der Waals surface area contributed by atoms with Crippen molar-refractivity contribution in [2.75, 3.05) is 12.5 Å². The summed E-state index contributed by atoms with van der Waals surface area (Å²) in [6.07, 6.45) is 7.56. The van der Waals surface area contributed by atoms with Gasteiger partial charge in [-0.25, -0.2) is 4.39 Å². The zero-order valence-electron chi connectivity index (χ0n) is 14.1. The molecule has 0 aromatic heterocycles. The third kappa shape index (κ3) is 7.10. The highest BCUT2D eigenvalue weighted by molar-refractivity contribution is 6.17. The smallest absolute Gasteiger partial charge is 0.185 e. The third-order valence-corrected chi connectivity index (χ3v) is 4.00. The van der Waals surface area contributed by atoms with Gasteiger partial charge in [0, 0.05) is 11.4 Å². The zero-order valence-corrected chi connectivity index (χ0v) is 14.8. The molecule has 2 rings (SSSR count). The van der Waals surface area contributed by atoms with Gasteiger partial charge >= 0.3 is 0 Å². The molecule has 0 amide bonds. The summed E-state index contributed by atoms with van der Waals surface area (Å²) in [7, 11) is 0. The molecule has 0 fully saturated rings. The van der Waals surface area contributed by atoms with Crippen LogP contribution in [0.3, 0.4) is 0 Å². The normalized spacial score (nSPS) is 11.0. The summed E-state index contributed by atoms with van der Waals surface area (Å²) < 4.78 is 18.5. The van der Waals surface area contributed by atoms with E-state index in [9.17, 15) is 9.18 Å². The molecule has 0 saturated heterocycles. The van der Waals surface area contributed by atoms with E-state index < -0.39 is 0 Å². The molecule has 0 aliphatic rings. The van der Waals surface area contributed by atoms with Crippen LogP contribution in [0.25, 0.3) is 6.08 Å². The number of rotatable bonds is 10. The average molecular weight is 361 g/mol. The van der Waals surface area contributed by atoms with Crippen molar-refractivity contribution in [2.24, 2.45) is 0 Å². The monoisotopic (exact) mass is 360 g/mol. The fourth-order valence-corrected chi connectivity index (χ4v) is 2.49. The predicted octanol–water partition coefficient (Wildman–Crippen LogP) is 5.90. The molecule has 2 aromatic carbocycles. The van der Waals surface area contributed by atoms with Gasteiger partial charge in [0.2, 0.25) is 0 Å². The minimum absolute atomic E-state index is 0.155. The standard InChI is InChI=1S/C21H22ClFO2/c22-15-3-1-2-4-16-25-20-12-5-17(6-13-20)7-14-21(24)18-8-10-19(23)11-9-18/h5-14H,1-4,15-16H2/b14-7+. The number of benzene rings is 2. The Morgan fingerprint density at radius 1 is 0.960 bits per heavy atom. The van der Waals surface area contributed by atoms with Crippen LogP contribution >= 0.6 is 11.6 Å². The largest absolute Gasteiger partial charge is 0.494 e. The topological polar surface area (TPSA) is 26.3 Å². The van der Waals surface area contributed by atoms with Crippen LogP contribution in [-0.2, 0) is 0 Å². The van der Waals surface area contributed by atoms with Gasteiger partial charge in [-0.3, -0.25) is 4.79 Å². The van der Waals surface area contributed by atoms with Gasteiger partial charge in [-0.2, -0.15) is 0 Å². The van der Waals surface area contributed by atoms with Crippen molar-refractivity contribution in [1.82, 2.24) is 0 Å². The lowest BCUT2D eigenvalue weighted by molar-refractivity contribution is 0.104. The number of hydrogen-bond donors (Lipinski definition) is 0. The summed E-state index contributed by atoms with van der Waals surface area (Å²) in [5, 5.41) is 0. The van der Waals surface area contributed by atoms with Crippen LogP contribution in [0.15, 0.2) is 54.6 Å². The number of alkyl halides is 1. The summed E-state index contributed by atoms with van der Waals surface area (Å²) >= 11 is 5.64. The lowest BCUT2D eigenvalue weighted by Crippen LogP contribution is -1.97. The van der Waals surface area contributed by atoms with Gasteiger partial charge in [-0.1, -0.05) is 31.1 Å². The van der Waals surface area contributed by atoms with Crippen LogP contribution in [0.1, 0.15) is 41.6 Å². The van der Waals surface area contributed by atoms with E-state index in [1.54, 1.807) is 6.08 Å². The van der Waals surface area contributed by atoms with Gasteiger partial charge in [0.05, 0.1) is 6.61 Å². The van der Waals surface area contributed by atoms with Crippen molar-refractivity contribution in [3.05, 3.63) is 71.6 Å². The van der Waals surface area contributed by atoms with E-state index in [4.69, 9.17) is 16.3 Å². The number of unbranched alkanes of at least 4 members (excludes halogenated alkanes) is 3. The van der Waals surface area contributed by atoms with Crippen molar-refractivity contribution in [3.8, 4) is 5.75 Å². The van der Waals surface area contributed by atoms with Crippen LogP contribution in [0.5, 0.6) is 5.75 Å². The minimum atomic E-state index is -0.352. The number of carbonyl (C=O) groups excluding carboxylic acids is 1. The third-order valence-electron chi connectivity index (χ3n) is 3.73. The van der Waals surface area contributed by atoms with Gasteiger partial charge in [-0.15, -0.1) is 11.6 Å².